The minimum atomic E-state index is -4.44. The average Bonchev–Trinajstić information content (AvgIpc) is 2.13. The zero-order valence-electron chi connectivity index (χ0n) is 8.51. The van der Waals surface area contributed by atoms with E-state index in [0.717, 1.165) is 12.1 Å². The molecule has 0 saturated carbocycles. The van der Waals surface area contributed by atoms with Crippen LogP contribution in [0.25, 0.3) is 0 Å². The zero-order chi connectivity index (χ0) is 12.3. The molecular formula is C10H11F4NO. The summed E-state index contributed by atoms with van der Waals surface area (Å²) in [7, 11) is 0. The zero-order valence-corrected chi connectivity index (χ0v) is 8.51. The molecule has 0 heterocycles. The highest BCUT2D eigenvalue weighted by molar-refractivity contribution is 5.31. The Morgan fingerprint density at radius 3 is 2.44 bits per heavy atom. The lowest BCUT2D eigenvalue weighted by Gasteiger charge is -2.12. The number of hydrogen-bond acceptors (Lipinski definition) is 2. The Balaban J connectivity index is 2.81. The molecule has 0 fully saturated rings. The highest BCUT2D eigenvalue weighted by Gasteiger charge is 2.28. The Hall–Kier alpha value is -1.30. The second kappa shape index (κ2) is 4.69. The quantitative estimate of drug-likeness (QED) is 0.820. The molecule has 1 atom stereocenters. The molecule has 0 spiro atoms. The van der Waals surface area contributed by atoms with Crippen molar-refractivity contribution in [2.24, 2.45) is 5.73 Å². The number of ether oxygens (including phenoxy) is 1. The van der Waals surface area contributed by atoms with Crippen LogP contribution in [-0.2, 0) is 0 Å². The van der Waals surface area contributed by atoms with Gasteiger partial charge < -0.3 is 10.5 Å². The predicted octanol–water partition coefficient (Wildman–Crippen LogP) is 2.79. The van der Waals surface area contributed by atoms with Crippen LogP contribution in [0, 0.1) is 5.82 Å². The summed E-state index contributed by atoms with van der Waals surface area (Å²) in [4.78, 5) is 0. The highest BCUT2D eigenvalue weighted by atomic mass is 19.4. The first-order valence-corrected chi connectivity index (χ1v) is 4.53. The third-order valence-corrected chi connectivity index (χ3v) is 1.82. The Kier molecular flexibility index (Phi) is 3.74. The molecule has 16 heavy (non-hydrogen) atoms. The van der Waals surface area contributed by atoms with E-state index in [1.165, 1.54) is 6.07 Å². The van der Waals surface area contributed by atoms with Crippen molar-refractivity contribution in [3.8, 4) is 5.75 Å². The van der Waals surface area contributed by atoms with Gasteiger partial charge in [-0.1, -0.05) is 0 Å². The Bertz CT molecular complexity index is 362. The van der Waals surface area contributed by atoms with Crippen molar-refractivity contribution >= 4 is 0 Å². The average molecular weight is 237 g/mol. The summed E-state index contributed by atoms with van der Waals surface area (Å²) in [5.74, 6) is -0.850. The largest absolute Gasteiger partial charge is 0.484 e. The first kappa shape index (κ1) is 12.8. The van der Waals surface area contributed by atoms with Gasteiger partial charge in [-0.2, -0.15) is 13.2 Å². The molecule has 0 aromatic heterocycles. The van der Waals surface area contributed by atoms with E-state index in [2.05, 4.69) is 4.74 Å². The van der Waals surface area contributed by atoms with Crippen molar-refractivity contribution in [2.45, 2.75) is 19.1 Å². The van der Waals surface area contributed by atoms with Gasteiger partial charge in [0, 0.05) is 12.1 Å². The normalized spacial score (nSPS) is 13.6. The van der Waals surface area contributed by atoms with Crippen LogP contribution >= 0.6 is 0 Å². The first-order chi connectivity index (χ1) is 7.28. The van der Waals surface area contributed by atoms with Gasteiger partial charge >= 0.3 is 6.18 Å². The summed E-state index contributed by atoms with van der Waals surface area (Å²) in [6.45, 7) is 0.150. The van der Waals surface area contributed by atoms with Crippen LogP contribution < -0.4 is 10.5 Å². The summed E-state index contributed by atoms with van der Waals surface area (Å²) in [6, 6.07) is 2.87. The molecule has 0 aliphatic heterocycles. The number of hydrogen-bond donors (Lipinski definition) is 1. The molecule has 0 aliphatic carbocycles. The van der Waals surface area contributed by atoms with Crippen molar-refractivity contribution in [3.63, 3.8) is 0 Å². The Labute approximate surface area is 90.0 Å². The van der Waals surface area contributed by atoms with Crippen LogP contribution in [0.2, 0.25) is 0 Å². The van der Waals surface area contributed by atoms with E-state index in [1.54, 1.807) is 6.92 Å². The predicted molar refractivity (Wildman–Crippen MR) is 50.6 cm³/mol. The lowest BCUT2D eigenvalue weighted by Crippen LogP contribution is -2.19. The van der Waals surface area contributed by atoms with E-state index < -0.39 is 24.6 Å². The molecule has 90 valence electrons. The second-order valence-corrected chi connectivity index (χ2v) is 3.41. The van der Waals surface area contributed by atoms with Crippen molar-refractivity contribution < 1.29 is 22.3 Å². The third kappa shape index (κ3) is 4.06. The standard InChI is InChI=1S/C10H11F4NO/c1-6(15)7-2-8(11)4-9(3-7)16-5-10(12,13)14/h2-4,6H,5,15H2,1H3. The van der Waals surface area contributed by atoms with Gasteiger partial charge in [-0.25, -0.2) is 4.39 Å². The van der Waals surface area contributed by atoms with E-state index >= 15 is 0 Å². The highest BCUT2D eigenvalue weighted by Crippen LogP contribution is 2.22. The Morgan fingerprint density at radius 1 is 1.31 bits per heavy atom. The van der Waals surface area contributed by atoms with Gasteiger partial charge in [0.15, 0.2) is 6.61 Å². The number of benzene rings is 1. The molecule has 6 heteroatoms. The molecule has 0 bridgehead atoms. The third-order valence-electron chi connectivity index (χ3n) is 1.82. The minimum Gasteiger partial charge on any atom is -0.484 e. The molecule has 0 aliphatic rings. The maximum absolute atomic E-state index is 13.0. The van der Waals surface area contributed by atoms with Crippen LogP contribution in [0.1, 0.15) is 18.5 Å². The van der Waals surface area contributed by atoms with Gasteiger partial charge in [-0.15, -0.1) is 0 Å². The van der Waals surface area contributed by atoms with E-state index in [1.807, 2.05) is 0 Å². The van der Waals surface area contributed by atoms with Crippen molar-refractivity contribution in [3.05, 3.63) is 29.6 Å². The number of nitrogens with two attached hydrogens (primary N) is 1. The van der Waals surface area contributed by atoms with Crippen LogP contribution in [0.3, 0.4) is 0 Å². The van der Waals surface area contributed by atoms with Gasteiger partial charge in [0.25, 0.3) is 0 Å². The van der Waals surface area contributed by atoms with Gasteiger partial charge in [-0.05, 0) is 24.6 Å². The molecule has 1 aromatic rings. The first-order valence-electron chi connectivity index (χ1n) is 4.53. The van der Waals surface area contributed by atoms with Crippen molar-refractivity contribution in [1.29, 1.82) is 0 Å². The second-order valence-electron chi connectivity index (χ2n) is 3.41. The maximum Gasteiger partial charge on any atom is 0.422 e. The summed E-state index contributed by atoms with van der Waals surface area (Å²) >= 11 is 0. The van der Waals surface area contributed by atoms with Gasteiger partial charge in [0.05, 0.1) is 0 Å². The number of halogens is 4. The van der Waals surface area contributed by atoms with Crippen LogP contribution in [0.4, 0.5) is 17.6 Å². The SMILES string of the molecule is CC(N)c1cc(F)cc(OCC(F)(F)F)c1. The molecular weight excluding hydrogens is 226 g/mol. The lowest BCUT2D eigenvalue weighted by atomic mass is 10.1. The van der Waals surface area contributed by atoms with Crippen molar-refractivity contribution in [2.75, 3.05) is 6.61 Å². The molecule has 0 amide bonds. The summed E-state index contributed by atoms with van der Waals surface area (Å²) in [6.07, 6.45) is -4.44. The van der Waals surface area contributed by atoms with Crippen molar-refractivity contribution in [1.82, 2.24) is 0 Å². The van der Waals surface area contributed by atoms with E-state index in [4.69, 9.17) is 5.73 Å². The molecule has 0 radical (unpaired) electrons. The van der Waals surface area contributed by atoms with E-state index in [0.29, 0.717) is 5.56 Å². The van der Waals surface area contributed by atoms with Crippen LogP contribution in [0.5, 0.6) is 5.75 Å². The number of rotatable bonds is 3. The van der Waals surface area contributed by atoms with E-state index in [9.17, 15) is 17.6 Å². The maximum atomic E-state index is 13.0. The molecule has 0 saturated heterocycles. The smallest absolute Gasteiger partial charge is 0.422 e. The lowest BCUT2D eigenvalue weighted by molar-refractivity contribution is -0.153. The van der Waals surface area contributed by atoms with Gasteiger partial charge in [0.2, 0.25) is 0 Å². The molecule has 2 N–H and O–H groups in total. The molecule has 1 aromatic carbocycles. The molecule has 2 nitrogen and oxygen atoms in total. The monoisotopic (exact) mass is 237 g/mol. The fraction of sp³-hybridized carbons (Fsp3) is 0.400. The van der Waals surface area contributed by atoms with Gasteiger partial charge in [0.1, 0.15) is 11.6 Å². The Morgan fingerprint density at radius 2 is 1.94 bits per heavy atom. The van der Waals surface area contributed by atoms with Crippen LogP contribution in [0.15, 0.2) is 18.2 Å². The summed E-state index contributed by atoms with van der Waals surface area (Å²) in [5.41, 5.74) is 5.88. The molecule has 1 unspecified atom stereocenters. The topological polar surface area (TPSA) is 35.2 Å². The van der Waals surface area contributed by atoms with Crippen LogP contribution in [-0.4, -0.2) is 12.8 Å². The van der Waals surface area contributed by atoms with Gasteiger partial charge in [-0.3, -0.25) is 0 Å². The summed E-state index contributed by atoms with van der Waals surface area (Å²) < 4.78 is 53.0. The summed E-state index contributed by atoms with van der Waals surface area (Å²) in [5, 5.41) is 0. The fourth-order valence-electron chi connectivity index (χ4n) is 1.10. The minimum absolute atomic E-state index is 0.176. The fourth-order valence-corrected chi connectivity index (χ4v) is 1.10. The molecule has 1 rings (SSSR count). The van der Waals surface area contributed by atoms with E-state index in [-0.39, 0.29) is 5.75 Å². The number of alkyl halides is 3.